The summed E-state index contributed by atoms with van der Waals surface area (Å²) < 4.78 is 14.7. The summed E-state index contributed by atoms with van der Waals surface area (Å²) in [5.74, 6) is 9.40. The normalized spacial score (nSPS) is 12.2. The molecule has 1 aliphatic rings. The zero-order chi connectivity index (χ0) is 41.6. The van der Waals surface area contributed by atoms with E-state index in [1.807, 2.05) is 24.4 Å². The Labute approximate surface area is 379 Å². The predicted octanol–water partition coefficient (Wildman–Crippen LogP) is 12.7. The Balaban J connectivity index is 0.00000458. The molecular formula is C55H44GeN4OPt-2. The molecule has 4 heterocycles. The molecule has 0 spiro atoms. The molecule has 0 aliphatic carbocycles. The van der Waals surface area contributed by atoms with Crippen molar-refractivity contribution in [1.29, 1.82) is 0 Å². The van der Waals surface area contributed by atoms with Crippen LogP contribution in [0.2, 0.25) is 17.3 Å². The van der Waals surface area contributed by atoms with Crippen LogP contribution in [-0.2, 0) is 26.5 Å². The Bertz CT molecular complexity index is 3380. The maximum absolute atomic E-state index is 6.70. The molecule has 0 fully saturated rings. The van der Waals surface area contributed by atoms with Gasteiger partial charge in [0.15, 0.2) is 0 Å². The van der Waals surface area contributed by atoms with Crippen molar-refractivity contribution in [1.82, 2.24) is 14.1 Å². The van der Waals surface area contributed by atoms with E-state index in [4.69, 9.17) is 9.72 Å². The molecule has 11 rings (SSSR count). The van der Waals surface area contributed by atoms with Crippen LogP contribution in [0, 0.1) is 18.5 Å². The third-order valence-corrected chi connectivity index (χ3v) is 16.4. The van der Waals surface area contributed by atoms with E-state index >= 15 is 0 Å². The summed E-state index contributed by atoms with van der Waals surface area (Å²) in [4.78, 5) is 4.92. The second kappa shape index (κ2) is 15.1. The van der Waals surface area contributed by atoms with Crippen molar-refractivity contribution in [3.63, 3.8) is 0 Å². The largest absolute Gasteiger partial charge is 0 e. The van der Waals surface area contributed by atoms with Crippen LogP contribution in [0.4, 0.5) is 0 Å². The van der Waals surface area contributed by atoms with Crippen molar-refractivity contribution in [2.45, 2.75) is 43.5 Å². The first-order valence-electron chi connectivity index (χ1n) is 21.0. The molecule has 0 bridgehead atoms. The van der Waals surface area contributed by atoms with Gasteiger partial charge in [0.05, 0.1) is 16.7 Å². The summed E-state index contributed by atoms with van der Waals surface area (Å²) in [7, 11) is 0. The van der Waals surface area contributed by atoms with E-state index in [0.717, 1.165) is 55.8 Å². The molecule has 7 heteroatoms. The molecule has 0 amide bonds. The van der Waals surface area contributed by atoms with Crippen molar-refractivity contribution >= 4 is 50.5 Å². The van der Waals surface area contributed by atoms with Crippen LogP contribution in [0.1, 0.15) is 26.3 Å². The van der Waals surface area contributed by atoms with Gasteiger partial charge >= 0.3 is 209 Å². The van der Waals surface area contributed by atoms with E-state index in [1.165, 1.54) is 37.6 Å². The minimum absolute atomic E-state index is 0. The maximum Gasteiger partial charge on any atom is 0 e. The van der Waals surface area contributed by atoms with Gasteiger partial charge in [0.2, 0.25) is 0 Å². The van der Waals surface area contributed by atoms with Crippen LogP contribution in [-0.4, -0.2) is 27.4 Å². The van der Waals surface area contributed by atoms with Crippen molar-refractivity contribution in [3.8, 4) is 62.1 Å². The topological polar surface area (TPSA) is 35.9 Å². The first-order valence-corrected chi connectivity index (χ1v) is 28.3. The molecule has 62 heavy (non-hydrogen) atoms. The molecule has 306 valence electrons. The summed E-state index contributed by atoms with van der Waals surface area (Å²) >= 11 is -2.13. The van der Waals surface area contributed by atoms with Crippen LogP contribution in [0.3, 0.4) is 0 Å². The van der Waals surface area contributed by atoms with E-state index < -0.39 is 13.3 Å². The Kier molecular flexibility index (Phi) is 9.77. The Hall–Kier alpha value is -6.01. The Morgan fingerprint density at radius 2 is 1.24 bits per heavy atom. The van der Waals surface area contributed by atoms with E-state index in [-0.39, 0.29) is 26.5 Å². The number of pyridine rings is 1. The number of ether oxygens (including phenoxy) is 1. The van der Waals surface area contributed by atoms with Gasteiger partial charge < -0.3 is 0 Å². The number of rotatable bonds is 5. The Morgan fingerprint density at radius 1 is 0.597 bits per heavy atom. The number of imidazole rings is 1. The van der Waals surface area contributed by atoms with Gasteiger partial charge in [-0.1, -0.05) is 84.9 Å². The fraction of sp³-hybridized carbons (Fsp3) is 0.127. The number of aromatic nitrogens is 4. The second-order valence-corrected chi connectivity index (χ2v) is 28.8. The summed E-state index contributed by atoms with van der Waals surface area (Å²) in [6, 6.07) is 61.5. The van der Waals surface area contributed by atoms with Crippen LogP contribution < -0.4 is 13.7 Å². The first-order chi connectivity index (χ1) is 29.5. The summed E-state index contributed by atoms with van der Waals surface area (Å²) in [6.45, 7) is 6.72. The summed E-state index contributed by atoms with van der Waals surface area (Å²) in [6.07, 6.45) is 5.70. The van der Waals surface area contributed by atoms with Gasteiger partial charge in [-0.3, -0.25) is 4.57 Å². The van der Waals surface area contributed by atoms with Crippen molar-refractivity contribution < 1.29 is 30.4 Å². The van der Waals surface area contributed by atoms with Gasteiger partial charge in [0.25, 0.3) is 6.33 Å². The van der Waals surface area contributed by atoms with Crippen LogP contribution in [0.25, 0.3) is 83.4 Å². The molecule has 0 N–H and O–H groups in total. The van der Waals surface area contributed by atoms with E-state index in [1.54, 1.807) is 0 Å². The standard InChI is InChI=1S/C55H44GeN4O.Pt/c1-55(2,3)36-29-30-57-53(31-36)60-50-28-25-37(56(4,5)6)32-48(50)46-27-26-40(34-52(46)60)61-39-16-13-15-38(33-39)58-35-59-49-23-12-11-21-45(49)43-19-9-7-17-41(43)42-18-8-10-20-44(42)47-22-14-24-51(58)54(47)59;/h7-32H,1-6H3;/q-2;. The molecule has 5 nitrogen and oxygen atoms in total. The zero-order valence-electron chi connectivity index (χ0n) is 35.5. The predicted molar refractivity (Wildman–Crippen MR) is 252 cm³/mol. The maximum atomic E-state index is 6.70. The first kappa shape index (κ1) is 40.1. The molecule has 7 aromatic carbocycles. The quantitative estimate of drug-likeness (QED) is 0.0978. The fourth-order valence-electron chi connectivity index (χ4n) is 8.97. The average molecular weight is 1040 g/mol. The number of hydrogen-bond donors (Lipinski definition) is 0. The zero-order valence-corrected chi connectivity index (χ0v) is 39.9. The molecule has 0 saturated heterocycles. The van der Waals surface area contributed by atoms with Crippen molar-refractivity contribution in [3.05, 3.63) is 182 Å². The van der Waals surface area contributed by atoms with Crippen molar-refractivity contribution in [2.24, 2.45) is 0 Å². The molecular weight excluding hydrogens is 1000 g/mol. The number of benzene rings is 7. The number of para-hydroxylation sites is 2. The molecule has 10 aromatic rings. The third kappa shape index (κ3) is 6.65. The summed E-state index contributed by atoms with van der Waals surface area (Å²) in [5, 5.41) is 2.34. The molecule has 0 unspecified atom stereocenters. The van der Waals surface area contributed by atoms with E-state index in [2.05, 4.69) is 204 Å². The minimum Gasteiger partial charge on any atom is 0 e. The summed E-state index contributed by atoms with van der Waals surface area (Å²) in [5.41, 5.74) is 14.3. The van der Waals surface area contributed by atoms with Gasteiger partial charge in [0, 0.05) is 21.1 Å². The molecule has 0 atom stereocenters. The van der Waals surface area contributed by atoms with Crippen LogP contribution in [0.5, 0.6) is 11.5 Å². The van der Waals surface area contributed by atoms with Crippen LogP contribution in [0.15, 0.2) is 158 Å². The van der Waals surface area contributed by atoms with E-state index in [0.29, 0.717) is 11.5 Å². The van der Waals surface area contributed by atoms with Gasteiger partial charge in [-0.15, -0.1) is 0 Å². The average Bonchev–Trinajstić information content (AvgIpc) is 3.82. The van der Waals surface area contributed by atoms with Gasteiger partial charge in [0.1, 0.15) is 0 Å². The Morgan fingerprint density at radius 3 is 1.97 bits per heavy atom. The number of nitrogens with zero attached hydrogens (tertiary/aromatic N) is 4. The minimum atomic E-state index is -2.13. The molecule has 1 aliphatic heterocycles. The van der Waals surface area contributed by atoms with Crippen molar-refractivity contribution in [2.75, 3.05) is 0 Å². The molecule has 0 radical (unpaired) electrons. The third-order valence-electron chi connectivity index (χ3n) is 12.1. The molecule has 3 aromatic heterocycles. The number of hydrogen-bond acceptors (Lipinski definition) is 2. The SMILES string of the molecule is CC(C)(C)c1ccnc(-n2c3[c-]c(Oc4[c-]c(-n5[c-][n+]6c7c(cccc75)-c5ccccc5-c5ccccc5-c5ccccc5-6)ccc4)ccc3c3c[c]([Ge]([CH3])([CH3])[CH3])ccc32)c1.[Pt]. The second-order valence-electron chi connectivity index (χ2n) is 18.1. The van der Waals surface area contributed by atoms with Gasteiger partial charge in [-0.2, -0.15) is 0 Å². The molecule has 0 saturated carbocycles. The monoisotopic (exact) mass is 1050 g/mol. The number of fused-ring (bicyclic) bond motifs is 10. The fourth-order valence-corrected chi connectivity index (χ4v) is 11.4. The van der Waals surface area contributed by atoms with Gasteiger partial charge in [-0.25, -0.2) is 0 Å². The smallest absolute Gasteiger partial charge is 0 e. The van der Waals surface area contributed by atoms with Crippen LogP contribution >= 0.6 is 0 Å². The van der Waals surface area contributed by atoms with E-state index in [9.17, 15) is 0 Å². The van der Waals surface area contributed by atoms with Gasteiger partial charge in [-0.05, 0) is 39.4 Å².